The Hall–Kier alpha value is -1.40. The monoisotopic (exact) mass is 315 g/mol. The highest BCUT2D eigenvalue weighted by atomic mass is 79.9. The average molecular weight is 317 g/mol. The van der Waals surface area contributed by atoms with E-state index in [1.54, 1.807) is 23.0 Å². The first-order valence-electron chi connectivity index (χ1n) is 4.66. The molecule has 17 heavy (non-hydrogen) atoms. The van der Waals surface area contributed by atoms with Crippen molar-refractivity contribution in [2.75, 3.05) is 0 Å². The third kappa shape index (κ3) is 2.48. The molecule has 1 aromatic heterocycles. The van der Waals surface area contributed by atoms with Crippen LogP contribution in [0.1, 0.15) is 5.69 Å². The van der Waals surface area contributed by atoms with Crippen LogP contribution in [0.4, 0.5) is 5.69 Å². The summed E-state index contributed by atoms with van der Waals surface area (Å²) in [5.41, 5.74) is 1.51. The topological polar surface area (TPSA) is 61.0 Å². The van der Waals surface area contributed by atoms with Gasteiger partial charge in [0.2, 0.25) is 0 Å². The van der Waals surface area contributed by atoms with Crippen LogP contribution in [0.3, 0.4) is 0 Å². The van der Waals surface area contributed by atoms with Gasteiger partial charge in [-0.05, 0) is 28.1 Å². The normalized spacial score (nSPS) is 10.5. The Morgan fingerprint density at radius 2 is 2.24 bits per heavy atom. The summed E-state index contributed by atoms with van der Waals surface area (Å²) in [6, 6.07) is 6.30. The third-order valence-corrected chi connectivity index (χ3v) is 3.08. The standard InChI is InChI=1S/C10H7BrClN3O2/c11-9-5-8(15(16)17)1-2-10(9)14-4-3-7(6-12)13-14/h1-5H,6H2. The number of benzene rings is 1. The second kappa shape index (κ2) is 4.85. The number of halogens is 2. The highest BCUT2D eigenvalue weighted by Crippen LogP contribution is 2.25. The molecule has 0 unspecified atom stereocenters. The van der Waals surface area contributed by atoms with Crippen LogP contribution in [0, 0.1) is 10.1 Å². The number of rotatable bonds is 3. The van der Waals surface area contributed by atoms with Crippen molar-refractivity contribution >= 4 is 33.2 Å². The molecule has 0 saturated carbocycles. The van der Waals surface area contributed by atoms with Crippen molar-refractivity contribution in [2.24, 2.45) is 0 Å². The molecule has 2 rings (SSSR count). The number of hydrogen-bond acceptors (Lipinski definition) is 3. The van der Waals surface area contributed by atoms with E-state index >= 15 is 0 Å². The lowest BCUT2D eigenvalue weighted by atomic mass is 10.3. The zero-order valence-corrected chi connectivity index (χ0v) is 10.8. The van der Waals surface area contributed by atoms with Gasteiger partial charge in [0.25, 0.3) is 5.69 Å². The quantitative estimate of drug-likeness (QED) is 0.496. The predicted octanol–water partition coefficient (Wildman–Crippen LogP) is 3.28. The van der Waals surface area contributed by atoms with Gasteiger partial charge < -0.3 is 0 Å². The number of nitrogens with zero attached hydrogens (tertiary/aromatic N) is 3. The van der Waals surface area contributed by atoms with E-state index in [-0.39, 0.29) is 5.69 Å². The Bertz CT molecular complexity index is 570. The van der Waals surface area contributed by atoms with Crippen molar-refractivity contribution in [1.29, 1.82) is 0 Å². The van der Waals surface area contributed by atoms with Gasteiger partial charge in [-0.1, -0.05) is 0 Å². The molecule has 0 aliphatic rings. The minimum absolute atomic E-state index is 0.0327. The Morgan fingerprint density at radius 1 is 1.47 bits per heavy atom. The first kappa shape index (κ1) is 12.1. The van der Waals surface area contributed by atoms with Crippen LogP contribution in [0.2, 0.25) is 0 Å². The second-order valence-electron chi connectivity index (χ2n) is 3.28. The first-order valence-corrected chi connectivity index (χ1v) is 5.99. The SMILES string of the molecule is O=[N+]([O-])c1ccc(-n2ccc(CCl)n2)c(Br)c1. The molecular formula is C10H7BrClN3O2. The van der Waals surface area contributed by atoms with Gasteiger partial charge in [0, 0.05) is 18.3 Å². The molecule has 0 spiro atoms. The number of alkyl halides is 1. The van der Waals surface area contributed by atoms with Crippen LogP contribution in [0.25, 0.3) is 5.69 Å². The third-order valence-electron chi connectivity index (χ3n) is 2.17. The molecule has 5 nitrogen and oxygen atoms in total. The molecule has 0 saturated heterocycles. The lowest BCUT2D eigenvalue weighted by Gasteiger charge is -2.03. The van der Waals surface area contributed by atoms with Crippen LogP contribution in [-0.2, 0) is 5.88 Å². The van der Waals surface area contributed by atoms with Crippen molar-refractivity contribution in [2.45, 2.75) is 5.88 Å². The van der Waals surface area contributed by atoms with E-state index in [0.717, 1.165) is 11.4 Å². The zero-order valence-electron chi connectivity index (χ0n) is 8.51. The fourth-order valence-corrected chi connectivity index (χ4v) is 2.05. The molecule has 1 heterocycles. The number of aromatic nitrogens is 2. The molecule has 0 radical (unpaired) electrons. The highest BCUT2D eigenvalue weighted by Gasteiger charge is 2.11. The van der Waals surface area contributed by atoms with Crippen LogP contribution in [-0.4, -0.2) is 14.7 Å². The molecule has 0 aliphatic carbocycles. The van der Waals surface area contributed by atoms with Gasteiger partial charge in [-0.15, -0.1) is 11.6 Å². The summed E-state index contributed by atoms with van der Waals surface area (Å²) in [5.74, 6) is 0.331. The largest absolute Gasteiger partial charge is 0.270 e. The molecule has 0 aliphatic heterocycles. The van der Waals surface area contributed by atoms with E-state index in [9.17, 15) is 10.1 Å². The van der Waals surface area contributed by atoms with Crippen LogP contribution >= 0.6 is 27.5 Å². The summed E-state index contributed by atoms with van der Waals surface area (Å²) in [7, 11) is 0. The molecule has 7 heteroatoms. The number of nitro benzene ring substituents is 1. The number of hydrogen-bond donors (Lipinski definition) is 0. The summed E-state index contributed by atoms with van der Waals surface area (Å²) >= 11 is 8.94. The summed E-state index contributed by atoms with van der Waals surface area (Å²) in [6.45, 7) is 0. The maximum absolute atomic E-state index is 10.6. The molecule has 0 atom stereocenters. The maximum atomic E-state index is 10.6. The highest BCUT2D eigenvalue weighted by molar-refractivity contribution is 9.10. The van der Waals surface area contributed by atoms with Crippen LogP contribution in [0.5, 0.6) is 0 Å². The fourth-order valence-electron chi connectivity index (χ4n) is 1.36. The lowest BCUT2D eigenvalue weighted by Crippen LogP contribution is -1.98. The van der Waals surface area contributed by atoms with E-state index in [2.05, 4.69) is 21.0 Å². The van der Waals surface area contributed by atoms with Crippen molar-refractivity contribution < 1.29 is 4.92 Å². The molecule has 0 amide bonds. The summed E-state index contributed by atoms with van der Waals surface area (Å²) in [6.07, 6.45) is 1.75. The van der Waals surface area contributed by atoms with Gasteiger partial charge in [-0.2, -0.15) is 5.10 Å². The maximum Gasteiger partial charge on any atom is 0.270 e. The smallest absolute Gasteiger partial charge is 0.258 e. The van der Waals surface area contributed by atoms with Gasteiger partial charge in [-0.25, -0.2) is 4.68 Å². The molecule has 1 aromatic carbocycles. The minimum atomic E-state index is -0.443. The van der Waals surface area contributed by atoms with Gasteiger partial charge in [0.05, 0.1) is 26.7 Å². The van der Waals surface area contributed by atoms with E-state index in [4.69, 9.17) is 11.6 Å². The van der Waals surface area contributed by atoms with E-state index in [0.29, 0.717) is 10.4 Å². The number of nitro groups is 1. The minimum Gasteiger partial charge on any atom is -0.258 e. The Kier molecular flexibility index (Phi) is 3.44. The van der Waals surface area contributed by atoms with Gasteiger partial charge in [-0.3, -0.25) is 10.1 Å². The Labute approximate surface area is 110 Å². The Morgan fingerprint density at radius 3 is 2.76 bits per heavy atom. The fraction of sp³-hybridized carbons (Fsp3) is 0.100. The van der Waals surface area contributed by atoms with E-state index < -0.39 is 4.92 Å². The first-order chi connectivity index (χ1) is 8.11. The predicted molar refractivity (Wildman–Crippen MR) is 67.5 cm³/mol. The van der Waals surface area contributed by atoms with E-state index in [1.807, 2.05) is 0 Å². The van der Waals surface area contributed by atoms with E-state index in [1.165, 1.54) is 12.1 Å². The van der Waals surface area contributed by atoms with Crippen molar-refractivity contribution in [3.63, 3.8) is 0 Å². The summed E-state index contributed by atoms with van der Waals surface area (Å²) < 4.78 is 2.22. The average Bonchev–Trinajstić information content (AvgIpc) is 2.77. The van der Waals surface area contributed by atoms with Crippen molar-refractivity contribution in [1.82, 2.24) is 9.78 Å². The molecule has 0 N–H and O–H groups in total. The molecule has 0 fully saturated rings. The van der Waals surface area contributed by atoms with Crippen LogP contribution in [0.15, 0.2) is 34.9 Å². The Balaban J connectivity index is 2.42. The second-order valence-corrected chi connectivity index (χ2v) is 4.40. The van der Waals surface area contributed by atoms with Crippen LogP contribution < -0.4 is 0 Å². The molecule has 2 aromatic rings. The van der Waals surface area contributed by atoms with Crippen molar-refractivity contribution in [3.8, 4) is 5.69 Å². The summed E-state index contributed by atoms with van der Waals surface area (Å²) in [4.78, 5) is 10.2. The molecular weight excluding hydrogens is 309 g/mol. The lowest BCUT2D eigenvalue weighted by molar-refractivity contribution is -0.384. The summed E-state index contributed by atoms with van der Waals surface area (Å²) in [5, 5.41) is 14.8. The van der Waals surface area contributed by atoms with Gasteiger partial charge >= 0.3 is 0 Å². The molecule has 88 valence electrons. The van der Waals surface area contributed by atoms with Gasteiger partial charge in [0.1, 0.15) is 0 Å². The van der Waals surface area contributed by atoms with Crippen molar-refractivity contribution in [3.05, 3.63) is 50.7 Å². The van der Waals surface area contributed by atoms with Gasteiger partial charge in [0.15, 0.2) is 0 Å². The molecule has 0 bridgehead atoms. The zero-order chi connectivity index (χ0) is 12.4. The number of non-ortho nitro benzene ring substituents is 1.